The Balaban J connectivity index is 2.22. The van der Waals surface area contributed by atoms with Gasteiger partial charge in [0.05, 0.1) is 17.8 Å². The molecule has 1 saturated carbocycles. The van der Waals surface area contributed by atoms with Gasteiger partial charge in [-0.2, -0.15) is 0 Å². The summed E-state index contributed by atoms with van der Waals surface area (Å²) in [5.74, 6) is 0. The molecule has 3 aliphatic rings. The topological polar surface area (TPSA) is 95.0 Å². The summed E-state index contributed by atoms with van der Waals surface area (Å²) >= 11 is 0. The van der Waals surface area contributed by atoms with Gasteiger partial charge in [0.1, 0.15) is 23.9 Å². The molecule has 2 saturated heterocycles. The predicted octanol–water partition coefficient (Wildman–Crippen LogP) is 0.695. The van der Waals surface area contributed by atoms with E-state index >= 15 is 0 Å². The van der Waals surface area contributed by atoms with Crippen LogP contribution in [0.4, 0.5) is 0 Å². The third-order valence-corrected chi connectivity index (χ3v) is 6.05. The van der Waals surface area contributed by atoms with Crippen molar-refractivity contribution in [3.8, 4) is 0 Å². The molecular weight excluding hydrogens is 312 g/mol. The quantitative estimate of drug-likeness (QED) is 0.504. The van der Waals surface area contributed by atoms with Crippen molar-refractivity contribution in [1.29, 1.82) is 0 Å². The van der Waals surface area contributed by atoms with E-state index in [4.69, 9.17) is 14.2 Å². The zero-order chi connectivity index (χ0) is 18.2. The summed E-state index contributed by atoms with van der Waals surface area (Å²) in [7, 11) is 0. The lowest BCUT2D eigenvalue weighted by atomic mass is 9.56. The van der Waals surface area contributed by atoms with Gasteiger partial charge in [-0.15, -0.1) is 13.2 Å². The first-order valence-electron chi connectivity index (χ1n) is 8.31. The molecule has 1 aliphatic carbocycles. The highest BCUT2D eigenvalue weighted by molar-refractivity contribution is 5.45. The van der Waals surface area contributed by atoms with Crippen molar-refractivity contribution < 1.29 is 29.5 Å². The van der Waals surface area contributed by atoms with Gasteiger partial charge in [-0.25, -0.2) is 0 Å². The molecule has 24 heavy (non-hydrogen) atoms. The first-order valence-corrected chi connectivity index (χ1v) is 8.31. The molecule has 0 aromatic carbocycles. The zero-order valence-corrected chi connectivity index (χ0v) is 14.8. The lowest BCUT2D eigenvalue weighted by molar-refractivity contribution is -0.259. The van der Waals surface area contributed by atoms with E-state index in [-0.39, 0.29) is 13.0 Å². The number of hydrogen-bond acceptors (Lipinski definition) is 6. The van der Waals surface area contributed by atoms with Gasteiger partial charge in [-0.05, 0) is 34.1 Å². The van der Waals surface area contributed by atoms with Crippen molar-refractivity contribution in [3.05, 3.63) is 25.3 Å². The average Bonchev–Trinajstić information content (AvgIpc) is 3.30. The molecule has 3 N–H and O–H groups in total. The van der Waals surface area contributed by atoms with E-state index in [2.05, 4.69) is 13.2 Å². The fraction of sp³-hybridized carbons (Fsp3) is 0.778. The average molecular weight is 340 g/mol. The molecule has 6 nitrogen and oxygen atoms in total. The number of hydrogen-bond donors (Lipinski definition) is 3. The second-order valence-corrected chi connectivity index (χ2v) is 8.00. The summed E-state index contributed by atoms with van der Waals surface area (Å²) < 4.78 is 18.2. The number of aliphatic hydroxyl groups is 3. The zero-order valence-electron chi connectivity index (χ0n) is 14.8. The summed E-state index contributed by atoms with van der Waals surface area (Å²) in [5, 5.41) is 32.3. The molecule has 3 rings (SSSR count). The van der Waals surface area contributed by atoms with Crippen molar-refractivity contribution in [3.63, 3.8) is 0 Å². The van der Waals surface area contributed by atoms with E-state index in [1.54, 1.807) is 12.2 Å². The van der Waals surface area contributed by atoms with Crippen LogP contribution in [0, 0.1) is 0 Å². The molecule has 2 spiro atoms. The first-order chi connectivity index (χ1) is 11.0. The van der Waals surface area contributed by atoms with Crippen LogP contribution in [0.3, 0.4) is 0 Å². The van der Waals surface area contributed by atoms with E-state index < -0.39 is 46.3 Å². The Morgan fingerprint density at radius 3 is 1.88 bits per heavy atom. The van der Waals surface area contributed by atoms with Crippen LogP contribution in [-0.2, 0) is 14.2 Å². The van der Waals surface area contributed by atoms with Crippen LogP contribution in [0.1, 0.15) is 34.1 Å². The third-order valence-electron chi connectivity index (χ3n) is 6.05. The highest BCUT2D eigenvalue weighted by Crippen LogP contribution is 2.76. The second-order valence-electron chi connectivity index (χ2n) is 8.00. The smallest absolute Gasteiger partial charge is 0.163 e. The number of rotatable bonds is 5. The standard InChI is InChI=1S/C18H28O6/c1-7-9-16(22-10-8-2)12(20)11(19)13(21)17(14(3,4)23-17)18(16)15(5,6)24-18/h7-8,11-13,19-21H,1-2,9-10H2,3-6H3/t11-,12-,13+,16+,17+,18+/m1/s1. The van der Waals surface area contributed by atoms with Crippen LogP contribution < -0.4 is 0 Å². The Morgan fingerprint density at radius 1 is 0.958 bits per heavy atom. The molecule has 2 aliphatic heterocycles. The van der Waals surface area contributed by atoms with E-state index in [0.717, 1.165) is 0 Å². The summed E-state index contributed by atoms with van der Waals surface area (Å²) in [5.41, 5.74) is -5.05. The van der Waals surface area contributed by atoms with Crippen LogP contribution in [0.15, 0.2) is 25.3 Å². The molecule has 0 amide bonds. The normalized spacial score (nSPS) is 50.7. The maximum absolute atomic E-state index is 10.9. The maximum Gasteiger partial charge on any atom is 0.163 e. The van der Waals surface area contributed by atoms with Crippen molar-refractivity contribution >= 4 is 0 Å². The molecule has 0 radical (unpaired) electrons. The van der Waals surface area contributed by atoms with Crippen molar-refractivity contribution in [1.82, 2.24) is 0 Å². The number of ether oxygens (including phenoxy) is 3. The minimum absolute atomic E-state index is 0.158. The molecule has 0 bridgehead atoms. The molecule has 0 aromatic rings. The van der Waals surface area contributed by atoms with Crippen LogP contribution in [0.5, 0.6) is 0 Å². The highest BCUT2D eigenvalue weighted by Gasteiger charge is 2.97. The number of fused-ring (bicyclic) bond motifs is 1. The van der Waals surface area contributed by atoms with Gasteiger partial charge in [0.25, 0.3) is 0 Å². The van der Waals surface area contributed by atoms with Crippen LogP contribution >= 0.6 is 0 Å². The van der Waals surface area contributed by atoms with Gasteiger partial charge in [0.2, 0.25) is 0 Å². The van der Waals surface area contributed by atoms with Gasteiger partial charge in [0.15, 0.2) is 11.2 Å². The molecule has 0 aromatic heterocycles. The Labute approximate surface area is 142 Å². The van der Waals surface area contributed by atoms with Crippen molar-refractivity contribution in [2.24, 2.45) is 0 Å². The fourth-order valence-corrected chi connectivity index (χ4v) is 5.12. The van der Waals surface area contributed by atoms with Gasteiger partial charge in [0, 0.05) is 0 Å². The molecule has 2 heterocycles. The van der Waals surface area contributed by atoms with Gasteiger partial charge >= 0.3 is 0 Å². The molecule has 6 atom stereocenters. The van der Waals surface area contributed by atoms with Crippen molar-refractivity contribution in [2.45, 2.75) is 80.4 Å². The Kier molecular flexibility index (Phi) is 3.69. The Morgan fingerprint density at radius 2 is 1.50 bits per heavy atom. The highest BCUT2D eigenvalue weighted by atomic mass is 16.7. The lowest BCUT2D eigenvalue weighted by Gasteiger charge is -2.53. The molecule has 136 valence electrons. The third kappa shape index (κ3) is 1.67. The lowest BCUT2D eigenvalue weighted by Crippen LogP contribution is -2.78. The van der Waals surface area contributed by atoms with Crippen LogP contribution in [0.2, 0.25) is 0 Å². The van der Waals surface area contributed by atoms with E-state index in [9.17, 15) is 15.3 Å². The van der Waals surface area contributed by atoms with Crippen LogP contribution in [-0.4, -0.2) is 68.2 Å². The van der Waals surface area contributed by atoms with Crippen molar-refractivity contribution in [2.75, 3.05) is 6.61 Å². The molecule has 6 heteroatoms. The summed E-state index contributed by atoms with van der Waals surface area (Å²) in [6.45, 7) is 15.0. The first kappa shape index (κ1) is 18.0. The maximum atomic E-state index is 10.9. The molecular formula is C18H28O6. The largest absolute Gasteiger partial charge is 0.387 e. The van der Waals surface area contributed by atoms with Crippen LogP contribution in [0.25, 0.3) is 0 Å². The minimum atomic E-state index is -1.43. The predicted molar refractivity (Wildman–Crippen MR) is 87.5 cm³/mol. The SMILES string of the molecule is C=CCO[C@@]1(CC=C)[C@H](O)[C@@H](O)[C@H](O)[C@@]2(OC2(C)C)[C@@]12OC2(C)C. The molecule has 0 unspecified atom stereocenters. The Hall–Kier alpha value is -0.760. The summed E-state index contributed by atoms with van der Waals surface area (Å²) in [6, 6.07) is 0. The molecule has 3 fully saturated rings. The van der Waals surface area contributed by atoms with Gasteiger partial charge in [-0.3, -0.25) is 0 Å². The number of epoxide rings is 2. The second kappa shape index (κ2) is 4.90. The monoisotopic (exact) mass is 340 g/mol. The van der Waals surface area contributed by atoms with E-state index in [0.29, 0.717) is 0 Å². The Bertz CT molecular complexity index is 572. The minimum Gasteiger partial charge on any atom is -0.387 e. The van der Waals surface area contributed by atoms with E-state index in [1.807, 2.05) is 27.7 Å². The number of aliphatic hydroxyl groups excluding tert-OH is 3. The summed E-state index contributed by atoms with van der Waals surface area (Å²) in [4.78, 5) is 0. The van der Waals surface area contributed by atoms with Gasteiger partial charge in [-0.1, -0.05) is 12.2 Å². The van der Waals surface area contributed by atoms with Gasteiger partial charge < -0.3 is 29.5 Å². The fourth-order valence-electron chi connectivity index (χ4n) is 5.12. The summed E-state index contributed by atoms with van der Waals surface area (Å²) in [6.07, 6.45) is -0.658. The van der Waals surface area contributed by atoms with E-state index in [1.165, 1.54) is 0 Å².